The van der Waals surface area contributed by atoms with Crippen molar-refractivity contribution in [3.8, 4) is 0 Å². The Morgan fingerprint density at radius 2 is 2.05 bits per heavy atom. The first-order chi connectivity index (χ1) is 9.06. The summed E-state index contributed by atoms with van der Waals surface area (Å²) in [7, 11) is 3.44. The molecule has 0 saturated heterocycles. The molecule has 0 N–H and O–H groups in total. The van der Waals surface area contributed by atoms with Crippen molar-refractivity contribution >= 4 is 5.97 Å². The van der Waals surface area contributed by atoms with Gasteiger partial charge >= 0.3 is 0 Å². The van der Waals surface area contributed by atoms with Crippen molar-refractivity contribution in [1.82, 2.24) is 4.57 Å². The third-order valence-corrected chi connectivity index (χ3v) is 2.50. The fourth-order valence-corrected chi connectivity index (χ4v) is 1.39. The Bertz CT molecular complexity index is 362. The number of carboxylic acid groups (broad SMARTS) is 1. The Labute approximate surface area is 113 Å². The summed E-state index contributed by atoms with van der Waals surface area (Å²) in [6.45, 7) is 8.31. The number of rotatable bonds is 7. The maximum atomic E-state index is 9.14. The first-order valence-electron chi connectivity index (χ1n) is 5.93. The molecule has 1 rings (SSSR count). The van der Waals surface area contributed by atoms with E-state index >= 15 is 0 Å². The van der Waals surface area contributed by atoms with Gasteiger partial charge < -0.3 is 19.4 Å². The van der Waals surface area contributed by atoms with E-state index in [1.54, 1.807) is 14.2 Å². The number of nitrogens with zero attached hydrogens (tertiary/aromatic N) is 2. The number of carbonyl (C=O) groups is 1. The van der Waals surface area contributed by atoms with Gasteiger partial charge in [-0.15, -0.1) is 0 Å². The SMILES string of the molecule is C=CC(=O)[O-].COCCn1cc[n+](CCOC)c1C. The Hall–Kier alpha value is -1.66. The van der Waals surface area contributed by atoms with Crippen LogP contribution >= 0.6 is 0 Å². The minimum atomic E-state index is -1.23. The zero-order valence-electron chi connectivity index (χ0n) is 11.8. The van der Waals surface area contributed by atoms with Crippen LogP contribution in [0.15, 0.2) is 25.0 Å². The topological polar surface area (TPSA) is 67.4 Å². The number of hydrogen-bond donors (Lipinski definition) is 0. The van der Waals surface area contributed by atoms with E-state index in [0.29, 0.717) is 0 Å². The smallest absolute Gasteiger partial charge is 0.253 e. The van der Waals surface area contributed by atoms with Crippen molar-refractivity contribution < 1.29 is 23.9 Å². The number of imidazole rings is 1. The maximum Gasteiger partial charge on any atom is 0.253 e. The molecule has 0 atom stereocenters. The predicted octanol–water partition coefficient (Wildman–Crippen LogP) is -0.701. The first kappa shape index (κ1) is 17.3. The second-order valence-corrected chi connectivity index (χ2v) is 3.74. The van der Waals surface area contributed by atoms with E-state index in [4.69, 9.17) is 19.4 Å². The van der Waals surface area contributed by atoms with Crippen molar-refractivity contribution in [3.05, 3.63) is 30.9 Å². The van der Waals surface area contributed by atoms with E-state index in [2.05, 4.69) is 35.0 Å². The number of aromatic nitrogens is 2. The van der Waals surface area contributed by atoms with Crippen LogP contribution in [0, 0.1) is 6.92 Å². The average molecular weight is 270 g/mol. The second kappa shape index (κ2) is 10.3. The Balaban J connectivity index is 0.000000555. The van der Waals surface area contributed by atoms with Crippen LogP contribution in [0.25, 0.3) is 0 Å². The largest absolute Gasteiger partial charge is 0.545 e. The minimum absolute atomic E-state index is 0.722. The van der Waals surface area contributed by atoms with Gasteiger partial charge in [0.2, 0.25) is 0 Å². The van der Waals surface area contributed by atoms with Gasteiger partial charge in [0.25, 0.3) is 5.82 Å². The average Bonchev–Trinajstić information content (AvgIpc) is 2.75. The molecule has 1 aromatic rings. The van der Waals surface area contributed by atoms with Gasteiger partial charge in [0, 0.05) is 21.1 Å². The third-order valence-electron chi connectivity index (χ3n) is 2.50. The molecule has 0 aromatic carbocycles. The van der Waals surface area contributed by atoms with Crippen molar-refractivity contribution in [1.29, 1.82) is 0 Å². The quantitative estimate of drug-likeness (QED) is 0.485. The fourth-order valence-electron chi connectivity index (χ4n) is 1.39. The summed E-state index contributed by atoms with van der Waals surface area (Å²) in [5.74, 6) is 0.00380. The molecule has 6 nitrogen and oxygen atoms in total. The van der Waals surface area contributed by atoms with Gasteiger partial charge in [-0.3, -0.25) is 0 Å². The molecular formula is C13H22N2O4. The summed E-state index contributed by atoms with van der Waals surface area (Å²) in [5, 5.41) is 9.14. The van der Waals surface area contributed by atoms with E-state index in [1.165, 1.54) is 5.82 Å². The molecule has 0 spiro atoms. The Morgan fingerprint density at radius 1 is 1.47 bits per heavy atom. The molecule has 0 bridgehead atoms. The summed E-state index contributed by atoms with van der Waals surface area (Å²) in [5.41, 5.74) is 0. The van der Waals surface area contributed by atoms with Crippen LogP contribution in [0.2, 0.25) is 0 Å². The van der Waals surface area contributed by atoms with Gasteiger partial charge in [-0.05, 0) is 6.08 Å². The monoisotopic (exact) mass is 270 g/mol. The summed E-state index contributed by atoms with van der Waals surface area (Å²) in [4.78, 5) is 9.14. The number of carbonyl (C=O) groups excluding carboxylic acids is 1. The highest BCUT2D eigenvalue weighted by atomic mass is 16.5. The maximum absolute atomic E-state index is 9.14. The van der Waals surface area contributed by atoms with Crippen molar-refractivity contribution in [3.63, 3.8) is 0 Å². The van der Waals surface area contributed by atoms with Gasteiger partial charge in [0.15, 0.2) is 0 Å². The molecule has 0 radical (unpaired) electrons. The van der Waals surface area contributed by atoms with Gasteiger partial charge in [-0.25, -0.2) is 9.13 Å². The summed E-state index contributed by atoms with van der Waals surface area (Å²) in [6, 6.07) is 0. The van der Waals surface area contributed by atoms with Crippen LogP contribution in [-0.4, -0.2) is 38.0 Å². The highest BCUT2D eigenvalue weighted by molar-refractivity contribution is 5.76. The van der Waals surface area contributed by atoms with Crippen LogP contribution in [-0.2, 0) is 27.4 Å². The lowest BCUT2D eigenvalue weighted by molar-refractivity contribution is -0.703. The van der Waals surface area contributed by atoms with E-state index in [0.717, 1.165) is 32.4 Å². The van der Waals surface area contributed by atoms with Crippen LogP contribution < -0.4 is 9.67 Å². The van der Waals surface area contributed by atoms with Crippen molar-refractivity contribution in [2.24, 2.45) is 0 Å². The van der Waals surface area contributed by atoms with Gasteiger partial charge in [-0.2, -0.15) is 0 Å². The lowest BCUT2D eigenvalue weighted by Crippen LogP contribution is -2.37. The normalized spacial score (nSPS) is 9.63. The summed E-state index contributed by atoms with van der Waals surface area (Å²) >= 11 is 0. The first-order valence-corrected chi connectivity index (χ1v) is 5.93. The van der Waals surface area contributed by atoms with Crippen LogP contribution in [0.4, 0.5) is 0 Å². The molecule has 0 fully saturated rings. The van der Waals surface area contributed by atoms with E-state index in [9.17, 15) is 0 Å². The zero-order valence-corrected chi connectivity index (χ0v) is 11.8. The van der Waals surface area contributed by atoms with E-state index < -0.39 is 5.97 Å². The Morgan fingerprint density at radius 3 is 2.53 bits per heavy atom. The van der Waals surface area contributed by atoms with E-state index in [-0.39, 0.29) is 0 Å². The molecule has 19 heavy (non-hydrogen) atoms. The lowest BCUT2D eigenvalue weighted by atomic mass is 10.5. The van der Waals surface area contributed by atoms with Gasteiger partial charge in [0.1, 0.15) is 25.5 Å². The number of ether oxygens (including phenoxy) is 2. The van der Waals surface area contributed by atoms with Crippen molar-refractivity contribution in [2.45, 2.75) is 20.0 Å². The second-order valence-electron chi connectivity index (χ2n) is 3.74. The standard InChI is InChI=1S/C10H19N2O2.C3H4O2/c1-10-11(6-8-13-2)4-5-12(10)7-9-14-3;1-2-3(4)5/h4-5H,6-9H2,1-3H3;2H,1H2,(H,4,5)/q+1;/p-1. The van der Waals surface area contributed by atoms with Gasteiger partial charge in [-0.1, -0.05) is 6.58 Å². The summed E-state index contributed by atoms with van der Waals surface area (Å²) in [6.07, 6.45) is 4.87. The molecule has 0 aliphatic carbocycles. The molecule has 6 heteroatoms. The summed E-state index contributed by atoms with van der Waals surface area (Å²) < 4.78 is 14.4. The number of carboxylic acids is 1. The molecule has 0 aliphatic heterocycles. The number of methoxy groups -OCH3 is 2. The molecule has 0 unspecified atom stereocenters. The lowest BCUT2D eigenvalue weighted by Gasteiger charge is -2.00. The van der Waals surface area contributed by atoms with Gasteiger partial charge in [0.05, 0.1) is 19.2 Å². The highest BCUT2D eigenvalue weighted by Crippen LogP contribution is 1.93. The minimum Gasteiger partial charge on any atom is -0.545 e. The molecular weight excluding hydrogens is 248 g/mol. The van der Waals surface area contributed by atoms with Crippen LogP contribution in [0.3, 0.4) is 0 Å². The van der Waals surface area contributed by atoms with E-state index in [1.807, 2.05) is 0 Å². The zero-order chi connectivity index (χ0) is 14.7. The molecule has 108 valence electrons. The molecule has 1 heterocycles. The molecule has 0 saturated carbocycles. The number of aliphatic carboxylic acids is 1. The van der Waals surface area contributed by atoms with Crippen LogP contribution in [0.5, 0.6) is 0 Å². The highest BCUT2D eigenvalue weighted by Gasteiger charge is 2.10. The molecule has 1 aromatic heterocycles. The third kappa shape index (κ3) is 7.38. The fraction of sp³-hybridized carbons (Fsp3) is 0.538. The van der Waals surface area contributed by atoms with Crippen LogP contribution in [0.1, 0.15) is 5.82 Å². The predicted molar refractivity (Wildman–Crippen MR) is 68.3 cm³/mol. The van der Waals surface area contributed by atoms with Crippen molar-refractivity contribution in [2.75, 3.05) is 27.4 Å². The molecule has 0 aliphatic rings. The number of hydrogen-bond acceptors (Lipinski definition) is 4. The molecule has 0 amide bonds. The Kier molecular flexibility index (Phi) is 9.38.